The number of Topliss-reactive ketones (excluding diaryl/α,β-unsaturated/α-hetero) is 1. The number of aromatic nitrogens is 1. The van der Waals surface area contributed by atoms with Gasteiger partial charge in [0.05, 0.1) is 17.6 Å². The third kappa shape index (κ3) is 2.83. The molecule has 0 aliphatic carbocycles. The highest BCUT2D eigenvalue weighted by atomic mass is 32.1. The van der Waals surface area contributed by atoms with Crippen LogP contribution in [0.3, 0.4) is 0 Å². The highest BCUT2D eigenvalue weighted by Gasteiger charge is 2.46. The quantitative estimate of drug-likeness (QED) is 0.657. The first kappa shape index (κ1) is 17.4. The molecule has 4 rings (SSSR count). The van der Waals surface area contributed by atoms with E-state index in [-0.39, 0.29) is 11.4 Å². The Hall–Kier alpha value is -2.97. The average Bonchev–Trinajstić information content (AvgIpc) is 3.43. The number of thiazole rings is 1. The molecular weight excluding hydrogens is 384 g/mol. The molecule has 1 unspecified atom stereocenters. The number of hydrogen-bond donors (Lipinski definition) is 1. The summed E-state index contributed by atoms with van der Waals surface area (Å²) in [5, 5.41) is 14.5. The Kier molecular flexibility index (Phi) is 4.51. The van der Waals surface area contributed by atoms with Crippen LogP contribution < -0.4 is 9.64 Å². The van der Waals surface area contributed by atoms with E-state index < -0.39 is 17.7 Å². The third-order valence-corrected chi connectivity index (χ3v) is 5.90. The second-order valence-electron chi connectivity index (χ2n) is 5.70. The maximum absolute atomic E-state index is 13.1. The molecule has 1 aliphatic heterocycles. The first-order valence-electron chi connectivity index (χ1n) is 8.00. The van der Waals surface area contributed by atoms with Gasteiger partial charge in [-0.1, -0.05) is 24.3 Å². The van der Waals surface area contributed by atoms with E-state index in [0.29, 0.717) is 21.3 Å². The van der Waals surface area contributed by atoms with E-state index in [4.69, 9.17) is 4.74 Å². The van der Waals surface area contributed by atoms with Gasteiger partial charge in [0.1, 0.15) is 11.8 Å². The van der Waals surface area contributed by atoms with Crippen molar-refractivity contribution in [1.29, 1.82) is 0 Å². The Morgan fingerprint density at radius 1 is 1.19 bits per heavy atom. The van der Waals surface area contributed by atoms with Crippen LogP contribution in [0.5, 0.6) is 5.75 Å². The van der Waals surface area contributed by atoms with Gasteiger partial charge in [-0.15, -0.1) is 22.7 Å². The Balaban J connectivity index is 1.92. The second-order valence-corrected chi connectivity index (χ2v) is 7.52. The van der Waals surface area contributed by atoms with Gasteiger partial charge < -0.3 is 9.84 Å². The van der Waals surface area contributed by atoms with Crippen LogP contribution >= 0.6 is 22.7 Å². The zero-order chi connectivity index (χ0) is 19.0. The molecule has 1 aliphatic rings. The summed E-state index contributed by atoms with van der Waals surface area (Å²) >= 11 is 2.51. The zero-order valence-electron chi connectivity index (χ0n) is 14.2. The van der Waals surface area contributed by atoms with Crippen molar-refractivity contribution < 1.29 is 19.4 Å². The molecular formula is C19H14N2O4S2. The van der Waals surface area contributed by atoms with Gasteiger partial charge in [-0.25, -0.2) is 4.98 Å². The Morgan fingerprint density at radius 2 is 2.00 bits per heavy atom. The number of benzene rings is 1. The molecule has 0 bridgehead atoms. The Labute approximate surface area is 163 Å². The van der Waals surface area contributed by atoms with Crippen LogP contribution in [0.1, 0.15) is 21.3 Å². The molecule has 1 N–H and O–H groups in total. The van der Waals surface area contributed by atoms with Crippen LogP contribution in [-0.4, -0.2) is 28.9 Å². The van der Waals surface area contributed by atoms with Gasteiger partial charge in [0, 0.05) is 17.1 Å². The topological polar surface area (TPSA) is 79.7 Å². The predicted octanol–water partition coefficient (Wildman–Crippen LogP) is 4.00. The smallest absolute Gasteiger partial charge is 0.296 e. The summed E-state index contributed by atoms with van der Waals surface area (Å²) < 4.78 is 5.44. The maximum atomic E-state index is 13.1. The van der Waals surface area contributed by atoms with Crippen molar-refractivity contribution in [1.82, 2.24) is 4.98 Å². The minimum atomic E-state index is -0.825. The van der Waals surface area contributed by atoms with E-state index >= 15 is 0 Å². The van der Waals surface area contributed by atoms with Crippen LogP contribution in [0.15, 0.2) is 64.7 Å². The van der Waals surface area contributed by atoms with Crippen LogP contribution in [0.2, 0.25) is 0 Å². The van der Waals surface area contributed by atoms with Crippen molar-refractivity contribution in [2.24, 2.45) is 0 Å². The standard InChI is InChI=1S/C19H14N2O4S2/c1-25-12-6-3-2-5-11(12)15-14(16(22)13-7-4-9-26-13)17(23)18(24)21(15)19-20-8-10-27-19/h2-10,15,23H,1H3. The summed E-state index contributed by atoms with van der Waals surface area (Å²) in [6.07, 6.45) is 1.57. The molecule has 0 saturated heterocycles. The Bertz CT molecular complexity index is 1030. The number of aliphatic hydroxyl groups excluding tert-OH is 1. The molecule has 2 aromatic heterocycles. The average molecular weight is 398 g/mol. The first-order valence-corrected chi connectivity index (χ1v) is 9.76. The number of aliphatic hydroxyl groups is 1. The lowest BCUT2D eigenvalue weighted by molar-refractivity contribution is -0.117. The molecule has 0 radical (unpaired) electrons. The lowest BCUT2D eigenvalue weighted by atomic mass is 9.95. The van der Waals surface area contributed by atoms with Gasteiger partial charge in [-0.3, -0.25) is 14.5 Å². The van der Waals surface area contributed by atoms with E-state index in [9.17, 15) is 14.7 Å². The summed E-state index contributed by atoms with van der Waals surface area (Å²) in [7, 11) is 1.52. The molecule has 0 saturated carbocycles. The number of ketones is 1. The molecule has 3 aromatic rings. The fourth-order valence-electron chi connectivity index (χ4n) is 3.10. The predicted molar refractivity (Wildman–Crippen MR) is 104 cm³/mol. The summed E-state index contributed by atoms with van der Waals surface area (Å²) in [5.41, 5.74) is 0.634. The maximum Gasteiger partial charge on any atom is 0.296 e. The molecule has 1 atom stereocenters. The van der Waals surface area contributed by atoms with Crippen LogP contribution in [0.25, 0.3) is 0 Å². The van der Waals surface area contributed by atoms with Gasteiger partial charge in [0.25, 0.3) is 5.91 Å². The molecule has 27 heavy (non-hydrogen) atoms. The number of ether oxygens (including phenoxy) is 1. The van der Waals surface area contributed by atoms with E-state index in [1.165, 1.54) is 34.7 Å². The van der Waals surface area contributed by atoms with Gasteiger partial charge in [-0.2, -0.15) is 0 Å². The van der Waals surface area contributed by atoms with E-state index in [1.54, 1.807) is 53.4 Å². The summed E-state index contributed by atoms with van der Waals surface area (Å²) in [4.78, 5) is 32.0. The van der Waals surface area contributed by atoms with Gasteiger partial charge >= 0.3 is 0 Å². The fourth-order valence-corrected chi connectivity index (χ4v) is 4.44. The normalized spacial score (nSPS) is 16.9. The number of methoxy groups -OCH3 is 1. The summed E-state index contributed by atoms with van der Waals surface area (Å²) in [6.45, 7) is 0. The van der Waals surface area contributed by atoms with E-state index in [0.717, 1.165) is 0 Å². The van der Waals surface area contributed by atoms with E-state index in [2.05, 4.69) is 4.98 Å². The van der Waals surface area contributed by atoms with Crippen LogP contribution in [-0.2, 0) is 4.79 Å². The molecule has 0 spiro atoms. The molecule has 0 fully saturated rings. The molecule has 136 valence electrons. The molecule has 8 heteroatoms. The van der Waals surface area contributed by atoms with Crippen molar-refractivity contribution in [3.8, 4) is 5.75 Å². The van der Waals surface area contributed by atoms with Crippen molar-refractivity contribution in [2.45, 2.75) is 6.04 Å². The number of nitrogens with zero attached hydrogens (tertiary/aromatic N) is 2. The van der Waals surface area contributed by atoms with Crippen molar-refractivity contribution >= 4 is 39.5 Å². The van der Waals surface area contributed by atoms with Crippen molar-refractivity contribution in [3.05, 3.63) is 75.1 Å². The molecule has 6 nitrogen and oxygen atoms in total. The van der Waals surface area contributed by atoms with Crippen LogP contribution in [0, 0.1) is 0 Å². The minimum Gasteiger partial charge on any atom is -0.503 e. The monoisotopic (exact) mass is 398 g/mol. The van der Waals surface area contributed by atoms with Gasteiger partial charge in [-0.05, 0) is 17.5 Å². The highest BCUT2D eigenvalue weighted by Crippen LogP contribution is 2.45. The van der Waals surface area contributed by atoms with Gasteiger partial charge in [0.2, 0.25) is 5.78 Å². The molecule has 1 aromatic carbocycles. The fraction of sp³-hybridized carbons (Fsp3) is 0.105. The lowest BCUT2D eigenvalue weighted by Gasteiger charge is -2.25. The summed E-state index contributed by atoms with van der Waals surface area (Å²) in [5.74, 6) is -1.07. The minimum absolute atomic E-state index is 0.0298. The second kappa shape index (κ2) is 6.98. The number of carbonyl (C=O) groups is 2. The number of carbonyl (C=O) groups excluding carboxylic acids is 2. The first-order chi connectivity index (χ1) is 13.1. The van der Waals surface area contributed by atoms with Gasteiger partial charge in [0.15, 0.2) is 10.9 Å². The summed E-state index contributed by atoms with van der Waals surface area (Å²) in [6, 6.07) is 9.73. The highest BCUT2D eigenvalue weighted by molar-refractivity contribution is 7.14. The largest absolute Gasteiger partial charge is 0.503 e. The third-order valence-electron chi connectivity index (χ3n) is 4.26. The number of anilines is 1. The SMILES string of the molecule is COc1ccccc1C1C(C(=O)c2cccs2)=C(O)C(=O)N1c1nccs1. The number of amides is 1. The van der Waals surface area contributed by atoms with E-state index in [1.807, 2.05) is 0 Å². The number of thiophene rings is 1. The number of hydrogen-bond acceptors (Lipinski definition) is 7. The van der Waals surface area contributed by atoms with Crippen LogP contribution in [0.4, 0.5) is 5.13 Å². The Morgan fingerprint density at radius 3 is 2.67 bits per heavy atom. The van der Waals surface area contributed by atoms with Crippen molar-refractivity contribution in [3.63, 3.8) is 0 Å². The molecule has 3 heterocycles. The lowest BCUT2D eigenvalue weighted by Crippen LogP contribution is -2.31. The number of para-hydroxylation sites is 1. The number of rotatable bonds is 5. The zero-order valence-corrected chi connectivity index (χ0v) is 15.8. The molecule has 1 amide bonds. The van der Waals surface area contributed by atoms with Crippen molar-refractivity contribution in [2.75, 3.05) is 12.0 Å².